The summed E-state index contributed by atoms with van der Waals surface area (Å²) in [5, 5.41) is 8.39. The van der Waals surface area contributed by atoms with Crippen LogP contribution >= 0.6 is 15.6 Å². The minimum atomic E-state index is -5.05. The summed E-state index contributed by atoms with van der Waals surface area (Å²) in [5.41, 5.74) is 0. The lowest BCUT2D eigenvalue weighted by Crippen LogP contribution is -2.36. The minimum Gasteiger partial charge on any atom is -0.391 e. The minimum absolute atomic E-state index is 0.281. The number of hydrogen-bond donors (Lipinski definition) is 5. The van der Waals surface area contributed by atoms with Crippen LogP contribution < -0.4 is 0 Å². The zero-order chi connectivity index (χ0) is 13.6. The van der Waals surface area contributed by atoms with Crippen molar-refractivity contribution in [1.82, 2.24) is 0 Å². The molecular formula is C5H18NO8P2+. The van der Waals surface area contributed by atoms with Gasteiger partial charge in [-0.1, -0.05) is 0 Å². The largest absolute Gasteiger partial charge is 0.478 e. The summed E-state index contributed by atoms with van der Waals surface area (Å²) in [7, 11) is -3.95. The average molecular weight is 282 g/mol. The van der Waals surface area contributed by atoms with Gasteiger partial charge in [0.05, 0.1) is 27.7 Å². The maximum atomic E-state index is 9.63. The van der Waals surface area contributed by atoms with Crippen molar-refractivity contribution in [1.29, 1.82) is 0 Å². The van der Waals surface area contributed by atoms with E-state index < -0.39 is 15.6 Å². The van der Waals surface area contributed by atoms with Gasteiger partial charge >= 0.3 is 15.6 Å². The van der Waals surface area contributed by atoms with E-state index in [0.29, 0.717) is 0 Å². The molecule has 0 aromatic carbocycles. The molecule has 0 radical (unpaired) electrons. The van der Waals surface area contributed by atoms with E-state index in [-0.39, 0.29) is 6.61 Å². The van der Waals surface area contributed by atoms with E-state index in [1.54, 1.807) is 0 Å². The number of likely N-dealkylation sites (N-methyl/N-ethyl adjacent to an activating group) is 1. The quantitative estimate of drug-likeness (QED) is 0.322. The fraction of sp³-hybridized carbons (Fsp3) is 1.00. The molecule has 11 heteroatoms. The molecule has 0 saturated heterocycles. The zero-order valence-electron chi connectivity index (χ0n) is 9.22. The summed E-state index contributed by atoms with van der Waals surface area (Å²) in [5.74, 6) is 0. The fourth-order valence-corrected chi connectivity index (χ4v) is 1.55. The van der Waals surface area contributed by atoms with Crippen molar-refractivity contribution in [3.63, 3.8) is 0 Å². The molecule has 0 unspecified atom stereocenters. The fourth-order valence-electron chi connectivity index (χ4n) is 0.439. The maximum Gasteiger partial charge on any atom is 0.478 e. The summed E-state index contributed by atoms with van der Waals surface area (Å²) in [6.45, 7) is 1.11. The van der Waals surface area contributed by atoms with Crippen molar-refractivity contribution >= 4 is 15.6 Å². The summed E-state index contributed by atoms with van der Waals surface area (Å²) in [6, 6.07) is 0. The number of nitrogens with zero attached hydrogens (tertiary/aromatic N) is 1. The Morgan fingerprint density at radius 3 is 1.31 bits per heavy atom. The van der Waals surface area contributed by atoms with Gasteiger partial charge in [-0.05, 0) is 0 Å². The highest BCUT2D eigenvalue weighted by Gasteiger charge is 2.27. The van der Waals surface area contributed by atoms with Crippen LogP contribution in [0.25, 0.3) is 0 Å². The van der Waals surface area contributed by atoms with Crippen LogP contribution in [0.3, 0.4) is 0 Å². The van der Waals surface area contributed by atoms with Crippen molar-refractivity contribution in [3.8, 4) is 0 Å². The Morgan fingerprint density at radius 2 is 1.31 bits per heavy atom. The maximum absolute atomic E-state index is 9.63. The second-order valence-corrected chi connectivity index (χ2v) is 6.42. The molecule has 0 aromatic rings. The second-order valence-electron chi connectivity index (χ2n) is 3.80. The van der Waals surface area contributed by atoms with E-state index in [9.17, 15) is 9.13 Å². The number of aliphatic hydroxyl groups is 1. The lowest BCUT2D eigenvalue weighted by Gasteiger charge is -2.21. The van der Waals surface area contributed by atoms with E-state index >= 15 is 0 Å². The van der Waals surface area contributed by atoms with Crippen LogP contribution in [0, 0.1) is 0 Å². The molecule has 0 aliphatic rings. The van der Waals surface area contributed by atoms with Crippen molar-refractivity contribution < 1.29 is 42.6 Å². The molecule has 9 nitrogen and oxygen atoms in total. The SMILES string of the molecule is C[N+](C)(C)CCO.O=P(O)(O)OP(=O)(O)O. The lowest BCUT2D eigenvalue weighted by atomic mass is 10.5. The monoisotopic (exact) mass is 282 g/mol. The molecule has 0 saturated carbocycles. The zero-order valence-corrected chi connectivity index (χ0v) is 11.0. The van der Waals surface area contributed by atoms with Crippen LogP contribution in [-0.2, 0) is 13.4 Å². The first-order valence-electron chi connectivity index (χ1n) is 4.00. The van der Waals surface area contributed by atoms with E-state index in [4.69, 9.17) is 24.7 Å². The molecule has 0 bridgehead atoms. The molecule has 0 spiro atoms. The number of aliphatic hydroxyl groups excluding tert-OH is 1. The van der Waals surface area contributed by atoms with Gasteiger partial charge in [-0.25, -0.2) is 9.13 Å². The molecule has 0 aliphatic carbocycles. The Labute approximate surface area is 93.4 Å². The second kappa shape index (κ2) is 6.80. The third-order valence-electron chi connectivity index (χ3n) is 0.984. The molecule has 5 N–H and O–H groups in total. The molecule has 0 heterocycles. The van der Waals surface area contributed by atoms with Gasteiger partial charge < -0.3 is 29.2 Å². The van der Waals surface area contributed by atoms with Gasteiger partial charge in [0.15, 0.2) is 0 Å². The van der Waals surface area contributed by atoms with Crippen molar-refractivity contribution in [2.45, 2.75) is 0 Å². The van der Waals surface area contributed by atoms with Gasteiger partial charge in [0, 0.05) is 0 Å². The van der Waals surface area contributed by atoms with Crippen LogP contribution in [0.15, 0.2) is 0 Å². The highest BCUT2D eigenvalue weighted by molar-refractivity contribution is 7.60. The number of quaternary nitrogens is 1. The van der Waals surface area contributed by atoms with Crippen LogP contribution in [0.4, 0.5) is 0 Å². The molecule has 0 aliphatic heterocycles. The molecule has 0 amide bonds. The van der Waals surface area contributed by atoms with Gasteiger partial charge in [-0.2, -0.15) is 4.31 Å². The van der Waals surface area contributed by atoms with Crippen molar-refractivity contribution in [3.05, 3.63) is 0 Å². The highest BCUT2D eigenvalue weighted by atomic mass is 31.3. The Hall–Kier alpha value is 0.180. The number of hydrogen-bond acceptors (Lipinski definition) is 4. The number of phosphoric acid groups is 2. The first-order valence-corrected chi connectivity index (χ1v) is 7.06. The van der Waals surface area contributed by atoms with E-state index in [1.165, 1.54) is 0 Å². The van der Waals surface area contributed by atoms with Crippen LogP contribution in [-0.4, -0.2) is 63.5 Å². The normalized spacial score (nSPS) is 13.0. The lowest BCUT2D eigenvalue weighted by molar-refractivity contribution is -0.870. The van der Waals surface area contributed by atoms with Crippen LogP contribution in [0.5, 0.6) is 0 Å². The third-order valence-corrected chi connectivity index (χ3v) is 2.69. The Kier molecular flexibility index (Phi) is 7.89. The topological polar surface area (TPSA) is 145 Å². The molecule has 0 aromatic heterocycles. The van der Waals surface area contributed by atoms with Gasteiger partial charge in [-0.15, -0.1) is 0 Å². The standard InChI is InChI=1S/C5H14NO.H4O7P2/c1-6(2,3)4-5-7;1-8(2,3)7-9(4,5)6/h7H,4-5H2,1-3H3;(H2,1,2,3)(H2,4,5,6)/q+1;. The van der Waals surface area contributed by atoms with E-state index in [2.05, 4.69) is 25.5 Å². The van der Waals surface area contributed by atoms with Crippen molar-refractivity contribution in [2.75, 3.05) is 34.3 Å². The molecule has 100 valence electrons. The average Bonchev–Trinajstić information content (AvgIpc) is 1.73. The molecule has 0 atom stereocenters. The predicted octanol–water partition coefficient (Wildman–Crippen LogP) is -1.13. The Balaban J connectivity index is 0. The first-order chi connectivity index (χ1) is 6.77. The molecule has 16 heavy (non-hydrogen) atoms. The highest BCUT2D eigenvalue weighted by Crippen LogP contribution is 2.53. The molecule has 0 fully saturated rings. The number of rotatable bonds is 4. The van der Waals surface area contributed by atoms with Crippen LogP contribution in [0.2, 0.25) is 0 Å². The summed E-state index contributed by atoms with van der Waals surface area (Å²) in [4.78, 5) is 31.0. The van der Waals surface area contributed by atoms with E-state index in [1.807, 2.05) is 0 Å². The van der Waals surface area contributed by atoms with Gasteiger partial charge in [0.2, 0.25) is 0 Å². The summed E-state index contributed by atoms with van der Waals surface area (Å²) >= 11 is 0. The molecule has 0 rings (SSSR count). The van der Waals surface area contributed by atoms with E-state index in [0.717, 1.165) is 11.0 Å². The van der Waals surface area contributed by atoms with Gasteiger partial charge in [-0.3, -0.25) is 0 Å². The summed E-state index contributed by atoms with van der Waals surface area (Å²) < 4.78 is 23.1. The summed E-state index contributed by atoms with van der Waals surface area (Å²) in [6.07, 6.45) is 0. The van der Waals surface area contributed by atoms with Crippen molar-refractivity contribution in [2.24, 2.45) is 0 Å². The smallest absolute Gasteiger partial charge is 0.391 e. The first kappa shape index (κ1) is 18.5. The predicted molar refractivity (Wildman–Crippen MR) is 55.2 cm³/mol. The van der Waals surface area contributed by atoms with Gasteiger partial charge in [0.25, 0.3) is 0 Å². The third kappa shape index (κ3) is 23.8. The Morgan fingerprint density at radius 1 is 1.00 bits per heavy atom. The Bertz CT molecular complexity index is 255. The molecular weight excluding hydrogens is 264 g/mol. The van der Waals surface area contributed by atoms with Gasteiger partial charge in [0.1, 0.15) is 6.54 Å². The van der Waals surface area contributed by atoms with Crippen LogP contribution in [0.1, 0.15) is 0 Å².